The molecular formula is C9H10INS. The zero-order chi connectivity index (χ0) is 8.81. The van der Waals surface area contributed by atoms with Gasteiger partial charge in [0.2, 0.25) is 0 Å². The molecule has 0 aliphatic carbocycles. The number of rotatable bonds is 3. The normalized spacial score (nSPS) is 10.8. The van der Waals surface area contributed by atoms with Crippen molar-refractivity contribution in [2.24, 2.45) is 0 Å². The van der Waals surface area contributed by atoms with Crippen molar-refractivity contribution in [1.29, 1.82) is 0 Å². The van der Waals surface area contributed by atoms with Gasteiger partial charge in [-0.05, 0) is 30.5 Å². The Morgan fingerprint density at radius 3 is 3.08 bits per heavy atom. The van der Waals surface area contributed by atoms with E-state index in [9.17, 15) is 0 Å². The molecule has 1 nitrogen and oxygen atoms in total. The van der Waals surface area contributed by atoms with Gasteiger partial charge >= 0.3 is 0 Å². The van der Waals surface area contributed by atoms with Crippen LogP contribution in [0.15, 0.2) is 23.6 Å². The number of alkyl halides is 1. The van der Waals surface area contributed by atoms with Gasteiger partial charge in [0.25, 0.3) is 0 Å². The first kappa shape index (κ1) is 10.1. The molecule has 0 unspecified atom stereocenters. The van der Waals surface area contributed by atoms with Crippen molar-refractivity contribution in [2.75, 3.05) is 3.76 Å². The van der Waals surface area contributed by atoms with E-state index in [0.29, 0.717) is 0 Å². The largest absolute Gasteiger partial charge is 0.254 e. The average molecular weight is 291 g/mol. The van der Waals surface area contributed by atoms with E-state index in [1.165, 1.54) is 0 Å². The summed E-state index contributed by atoms with van der Waals surface area (Å²) in [5.74, 6) is 0. The van der Waals surface area contributed by atoms with Crippen LogP contribution in [0.4, 0.5) is 0 Å². The fourth-order valence-electron chi connectivity index (χ4n) is 0.811. The smallest absolute Gasteiger partial charge is 0.0637 e. The third-order valence-electron chi connectivity index (χ3n) is 1.31. The summed E-state index contributed by atoms with van der Waals surface area (Å²) < 4.78 is 1.08. The standard InChI is InChI=1S/C9H10INS/c1-8-3-2-4-9(11-8)5-6-12-7-10/h2-6H,7H2,1H3/b6-5+. The summed E-state index contributed by atoms with van der Waals surface area (Å²) in [7, 11) is 0. The molecule has 1 aromatic rings. The van der Waals surface area contributed by atoms with Crippen LogP contribution in [0.5, 0.6) is 0 Å². The Morgan fingerprint density at radius 1 is 1.58 bits per heavy atom. The third-order valence-corrected chi connectivity index (χ3v) is 2.84. The number of thioether (sulfide) groups is 1. The molecule has 0 atom stereocenters. The molecule has 0 radical (unpaired) electrons. The lowest BCUT2D eigenvalue weighted by molar-refractivity contribution is 1.18. The lowest BCUT2D eigenvalue weighted by atomic mass is 10.3. The maximum atomic E-state index is 4.34. The minimum atomic E-state index is 1.03. The van der Waals surface area contributed by atoms with Gasteiger partial charge in [0.1, 0.15) is 0 Å². The summed E-state index contributed by atoms with van der Waals surface area (Å²) in [6.07, 6.45) is 2.04. The second-order valence-electron chi connectivity index (χ2n) is 2.28. The molecule has 0 saturated carbocycles. The van der Waals surface area contributed by atoms with Crippen molar-refractivity contribution in [3.05, 3.63) is 35.0 Å². The van der Waals surface area contributed by atoms with Gasteiger partial charge in [-0.15, -0.1) is 11.8 Å². The predicted octanol–water partition coefficient (Wildman–Crippen LogP) is 3.49. The van der Waals surface area contributed by atoms with Gasteiger partial charge < -0.3 is 0 Å². The summed E-state index contributed by atoms with van der Waals surface area (Å²) in [5, 5.41) is 2.08. The molecule has 1 heterocycles. The molecule has 0 N–H and O–H groups in total. The highest BCUT2D eigenvalue weighted by molar-refractivity contribution is 14.1. The van der Waals surface area contributed by atoms with Crippen LogP contribution in [-0.4, -0.2) is 8.74 Å². The van der Waals surface area contributed by atoms with Gasteiger partial charge in [0, 0.05) is 9.45 Å². The topological polar surface area (TPSA) is 12.9 Å². The first-order valence-electron chi connectivity index (χ1n) is 3.60. The van der Waals surface area contributed by atoms with Crippen molar-refractivity contribution in [2.45, 2.75) is 6.92 Å². The monoisotopic (exact) mass is 291 g/mol. The first-order valence-corrected chi connectivity index (χ1v) is 6.18. The molecule has 0 amide bonds. The molecule has 0 aliphatic rings. The number of aromatic nitrogens is 1. The quantitative estimate of drug-likeness (QED) is 0.624. The summed E-state index contributed by atoms with van der Waals surface area (Å²) in [4.78, 5) is 4.34. The summed E-state index contributed by atoms with van der Waals surface area (Å²) >= 11 is 4.10. The molecule has 0 aliphatic heterocycles. The Morgan fingerprint density at radius 2 is 2.42 bits per heavy atom. The molecule has 0 saturated heterocycles. The predicted molar refractivity (Wildman–Crippen MR) is 64.5 cm³/mol. The summed E-state index contributed by atoms with van der Waals surface area (Å²) in [6, 6.07) is 6.04. The van der Waals surface area contributed by atoms with E-state index in [0.717, 1.165) is 15.1 Å². The molecule has 1 aromatic heterocycles. The van der Waals surface area contributed by atoms with E-state index in [-0.39, 0.29) is 0 Å². The van der Waals surface area contributed by atoms with E-state index in [2.05, 4.69) is 33.0 Å². The second kappa shape index (κ2) is 5.59. The Labute approximate surface area is 90.8 Å². The van der Waals surface area contributed by atoms with Crippen LogP contribution >= 0.6 is 34.4 Å². The average Bonchev–Trinajstić information content (AvgIpc) is 2.05. The molecule has 3 heteroatoms. The van der Waals surface area contributed by atoms with Crippen molar-refractivity contribution in [3.63, 3.8) is 0 Å². The van der Waals surface area contributed by atoms with Gasteiger partial charge in [0.05, 0.1) is 5.69 Å². The lowest BCUT2D eigenvalue weighted by Crippen LogP contribution is -1.82. The van der Waals surface area contributed by atoms with Gasteiger partial charge in [0.15, 0.2) is 0 Å². The Kier molecular flexibility index (Phi) is 4.68. The maximum Gasteiger partial charge on any atom is 0.0637 e. The Hall–Kier alpha value is -0.0300. The molecule has 0 bridgehead atoms. The van der Waals surface area contributed by atoms with E-state index < -0.39 is 0 Å². The third kappa shape index (κ3) is 3.58. The number of halogens is 1. The zero-order valence-electron chi connectivity index (χ0n) is 6.83. The molecule has 0 aromatic carbocycles. The number of pyridine rings is 1. The van der Waals surface area contributed by atoms with Crippen LogP contribution in [-0.2, 0) is 0 Å². The number of hydrogen-bond acceptors (Lipinski definition) is 2. The molecule has 0 spiro atoms. The van der Waals surface area contributed by atoms with Crippen LogP contribution in [0.1, 0.15) is 11.4 Å². The fourth-order valence-corrected chi connectivity index (χ4v) is 1.74. The van der Waals surface area contributed by atoms with Crippen molar-refractivity contribution < 1.29 is 0 Å². The van der Waals surface area contributed by atoms with Crippen LogP contribution in [0, 0.1) is 6.92 Å². The molecule has 12 heavy (non-hydrogen) atoms. The SMILES string of the molecule is Cc1cccc(/C=C/SCI)n1. The highest BCUT2D eigenvalue weighted by Gasteiger charge is 1.87. The number of hydrogen-bond donors (Lipinski definition) is 0. The lowest BCUT2D eigenvalue weighted by Gasteiger charge is -1.93. The van der Waals surface area contributed by atoms with Crippen LogP contribution < -0.4 is 0 Å². The van der Waals surface area contributed by atoms with E-state index >= 15 is 0 Å². The van der Waals surface area contributed by atoms with Crippen molar-refractivity contribution in [1.82, 2.24) is 4.98 Å². The van der Waals surface area contributed by atoms with Crippen molar-refractivity contribution in [3.8, 4) is 0 Å². The van der Waals surface area contributed by atoms with Crippen LogP contribution in [0.25, 0.3) is 6.08 Å². The molecule has 1 rings (SSSR count). The Bertz CT molecular complexity index is 273. The van der Waals surface area contributed by atoms with E-state index in [1.54, 1.807) is 11.8 Å². The van der Waals surface area contributed by atoms with Crippen LogP contribution in [0.2, 0.25) is 0 Å². The fraction of sp³-hybridized carbons (Fsp3) is 0.222. The van der Waals surface area contributed by atoms with Gasteiger partial charge in [-0.1, -0.05) is 28.7 Å². The van der Waals surface area contributed by atoms with Gasteiger partial charge in [-0.25, -0.2) is 0 Å². The van der Waals surface area contributed by atoms with E-state index in [1.807, 2.05) is 31.2 Å². The van der Waals surface area contributed by atoms with Crippen LogP contribution in [0.3, 0.4) is 0 Å². The van der Waals surface area contributed by atoms with Crippen molar-refractivity contribution >= 4 is 40.4 Å². The van der Waals surface area contributed by atoms with Gasteiger partial charge in [-0.2, -0.15) is 0 Å². The first-order chi connectivity index (χ1) is 5.83. The second-order valence-corrected chi connectivity index (χ2v) is 4.97. The minimum Gasteiger partial charge on any atom is -0.254 e. The van der Waals surface area contributed by atoms with E-state index in [4.69, 9.17) is 0 Å². The number of nitrogens with zero attached hydrogens (tertiary/aromatic N) is 1. The maximum absolute atomic E-state index is 4.34. The molecule has 64 valence electrons. The summed E-state index contributed by atoms with van der Waals surface area (Å²) in [6.45, 7) is 2.00. The summed E-state index contributed by atoms with van der Waals surface area (Å²) in [5.41, 5.74) is 2.10. The number of aryl methyl sites for hydroxylation is 1. The highest BCUT2D eigenvalue weighted by atomic mass is 127. The van der Waals surface area contributed by atoms with Gasteiger partial charge in [-0.3, -0.25) is 4.98 Å². The molecule has 0 fully saturated rings. The minimum absolute atomic E-state index is 1.03. The zero-order valence-corrected chi connectivity index (χ0v) is 9.80. The highest BCUT2D eigenvalue weighted by Crippen LogP contribution is 2.09. The Balaban J connectivity index is 2.63. The molecular weight excluding hydrogens is 281 g/mol.